The Balaban J connectivity index is 1.64. The molecular weight excluding hydrogens is 356 g/mol. The van der Waals surface area contributed by atoms with Gasteiger partial charge in [0.05, 0.1) is 5.52 Å². The van der Waals surface area contributed by atoms with Crippen molar-refractivity contribution in [3.63, 3.8) is 0 Å². The fourth-order valence-electron chi connectivity index (χ4n) is 2.95. The number of aromatic hydroxyl groups is 1. The lowest BCUT2D eigenvalue weighted by Crippen LogP contribution is -2.25. The number of hydrogen-bond acceptors (Lipinski definition) is 4. The Kier molecular flexibility index (Phi) is 6.16. The van der Waals surface area contributed by atoms with Crippen LogP contribution in [0.15, 0.2) is 64.8 Å². The highest BCUT2D eigenvalue weighted by atomic mass is 16.3. The molecule has 2 aromatic carbocycles. The van der Waals surface area contributed by atoms with Crippen LogP contribution in [0.1, 0.15) is 30.1 Å². The first-order valence-electron chi connectivity index (χ1n) is 9.19. The molecule has 1 heterocycles. The number of carbonyl (C=O) groups excluding carboxylic acids is 2. The summed E-state index contributed by atoms with van der Waals surface area (Å²) >= 11 is 0. The topological polar surface area (TPSA) is 96.0 Å². The van der Waals surface area contributed by atoms with Crippen molar-refractivity contribution < 1.29 is 14.7 Å². The highest BCUT2D eigenvalue weighted by molar-refractivity contribution is 5.95. The Labute approximate surface area is 162 Å². The molecule has 7 heteroatoms. The van der Waals surface area contributed by atoms with Gasteiger partial charge in [0.1, 0.15) is 0 Å². The van der Waals surface area contributed by atoms with Gasteiger partial charge in [-0.15, -0.1) is 10.2 Å². The molecule has 2 N–H and O–H groups in total. The normalized spacial score (nSPS) is 11.2. The van der Waals surface area contributed by atoms with Gasteiger partial charge in [0.2, 0.25) is 5.88 Å². The van der Waals surface area contributed by atoms with Gasteiger partial charge in [-0.3, -0.25) is 9.59 Å². The van der Waals surface area contributed by atoms with Crippen LogP contribution in [0.25, 0.3) is 10.9 Å². The molecule has 0 fully saturated rings. The van der Waals surface area contributed by atoms with Gasteiger partial charge >= 0.3 is 0 Å². The van der Waals surface area contributed by atoms with Gasteiger partial charge in [0.25, 0.3) is 11.8 Å². The van der Waals surface area contributed by atoms with Crippen molar-refractivity contribution in [2.75, 3.05) is 6.54 Å². The second-order valence-corrected chi connectivity index (χ2v) is 6.31. The number of azo groups is 1. The monoisotopic (exact) mass is 378 g/mol. The quantitative estimate of drug-likeness (QED) is 0.603. The highest BCUT2D eigenvalue weighted by Gasteiger charge is 2.16. The van der Waals surface area contributed by atoms with Crippen molar-refractivity contribution in [1.29, 1.82) is 0 Å². The van der Waals surface area contributed by atoms with Crippen LogP contribution in [0.4, 0.5) is 5.69 Å². The Hall–Kier alpha value is -3.48. The summed E-state index contributed by atoms with van der Waals surface area (Å²) in [6, 6.07) is 16.2. The Bertz CT molecular complexity index is 1010. The van der Waals surface area contributed by atoms with E-state index in [1.807, 2.05) is 37.3 Å². The van der Waals surface area contributed by atoms with Crippen molar-refractivity contribution in [3.8, 4) is 5.88 Å². The van der Waals surface area contributed by atoms with E-state index in [-0.39, 0.29) is 30.4 Å². The Morgan fingerprint density at radius 1 is 1.07 bits per heavy atom. The van der Waals surface area contributed by atoms with Gasteiger partial charge in [-0.1, -0.05) is 43.3 Å². The molecule has 0 atom stereocenters. The van der Waals surface area contributed by atoms with Crippen LogP contribution in [0, 0.1) is 0 Å². The Morgan fingerprint density at radius 2 is 1.79 bits per heavy atom. The third kappa shape index (κ3) is 4.25. The van der Waals surface area contributed by atoms with Crippen LogP contribution in [-0.2, 0) is 11.3 Å². The molecule has 7 nitrogen and oxygen atoms in total. The molecule has 0 aliphatic rings. The maximum atomic E-state index is 12.0. The first-order chi connectivity index (χ1) is 13.6. The summed E-state index contributed by atoms with van der Waals surface area (Å²) in [5.41, 5.74) is 1.66. The summed E-state index contributed by atoms with van der Waals surface area (Å²) in [5.74, 6) is -0.720. The van der Waals surface area contributed by atoms with E-state index in [1.54, 1.807) is 28.8 Å². The second-order valence-electron chi connectivity index (χ2n) is 6.31. The van der Waals surface area contributed by atoms with E-state index < -0.39 is 5.91 Å². The van der Waals surface area contributed by atoms with E-state index in [4.69, 9.17) is 0 Å². The van der Waals surface area contributed by atoms with Gasteiger partial charge in [-0.05, 0) is 24.6 Å². The number of aryl methyl sites for hydroxylation is 1. The number of fused-ring (bicyclic) bond motifs is 1. The predicted octanol–water partition coefficient (Wildman–Crippen LogP) is 4.19. The number of nitrogens with zero attached hydrogens (tertiary/aromatic N) is 3. The smallest absolute Gasteiger partial charge is 0.266 e. The lowest BCUT2D eigenvalue weighted by molar-refractivity contribution is -0.118. The summed E-state index contributed by atoms with van der Waals surface area (Å²) in [4.78, 5) is 24.0. The SMILES string of the molecule is CCCn1c(O)c(N=NC(=O)CCNC(=O)c2ccccc2)c2ccccc21. The molecule has 28 heavy (non-hydrogen) atoms. The van der Waals surface area contributed by atoms with E-state index in [0.717, 1.165) is 17.3 Å². The van der Waals surface area contributed by atoms with E-state index in [9.17, 15) is 14.7 Å². The van der Waals surface area contributed by atoms with Crippen molar-refractivity contribution in [1.82, 2.24) is 9.88 Å². The largest absolute Gasteiger partial charge is 0.493 e. The average Bonchev–Trinajstić information content (AvgIpc) is 2.98. The van der Waals surface area contributed by atoms with Crippen molar-refractivity contribution in [2.45, 2.75) is 26.3 Å². The zero-order valence-corrected chi connectivity index (χ0v) is 15.6. The standard InChI is InChI=1S/C21H22N4O3/c1-2-14-25-17-11-7-6-10-16(17)19(21(25)28)24-23-18(26)12-13-22-20(27)15-8-4-3-5-9-15/h3-11,28H,2,12-14H2,1H3,(H,22,27). The minimum absolute atomic E-state index is 0.00280. The zero-order chi connectivity index (χ0) is 19.9. The molecule has 0 radical (unpaired) electrons. The Morgan fingerprint density at radius 3 is 2.54 bits per heavy atom. The molecule has 3 rings (SSSR count). The number of nitrogens with one attached hydrogen (secondary N) is 1. The number of carbonyl (C=O) groups is 2. The van der Waals surface area contributed by atoms with Crippen LogP contribution in [-0.4, -0.2) is 28.0 Å². The fourth-order valence-corrected chi connectivity index (χ4v) is 2.95. The van der Waals surface area contributed by atoms with E-state index in [0.29, 0.717) is 12.1 Å². The minimum Gasteiger partial charge on any atom is -0.493 e. The third-order valence-electron chi connectivity index (χ3n) is 4.29. The zero-order valence-electron chi connectivity index (χ0n) is 15.6. The summed E-state index contributed by atoms with van der Waals surface area (Å²) in [6.07, 6.45) is 0.874. The van der Waals surface area contributed by atoms with Crippen LogP contribution in [0.5, 0.6) is 5.88 Å². The van der Waals surface area contributed by atoms with Gasteiger partial charge in [0, 0.05) is 30.5 Å². The molecule has 0 saturated carbocycles. The van der Waals surface area contributed by atoms with Crippen molar-refractivity contribution in [2.24, 2.45) is 10.2 Å². The van der Waals surface area contributed by atoms with Gasteiger partial charge in [-0.25, -0.2) is 0 Å². The lowest BCUT2D eigenvalue weighted by atomic mass is 10.2. The first-order valence-corrected chi connectivity index (χ1v) is 9.19. The number of para-hydroxylation sites is 1. The third-order valence-corrected chi connectivity index (χ3v) is 4.29. The van der Waals surface area contributed by atoms with Gasteiger partial charge < -0.3 is 15.0 Å². The molecule has 0 aliphatic heterocycles. The molecule has 2 amide bonds. The van der Waals surface area contributed by atoms with E-state index in [2.05, 4.69) is 15.5 Å². The van der Waals surface area contributed by atoms with E-state index in [1.165, 1.54) is 0 Å². The summed E-state index contributed by atoms with van der Waals surface area (Å²) in [5, 5.41) is 21.6. The summed E-state index contributed by atoms with van der Waals surface area (Å²) < 4.78 is 1.76. The number of benzene rings is 2. The predicted molar refractivity (Wildman–Crippen MR) is 107 cm³/mol. The van der Waals surface area contributed by atoms with Gasteiger partial charge in [-0.2, -0.15) is 0 Å². The lowest BCUT2D eigenvalue weighted by Gasteiger charge is -2.03. The number of rotatable bonds is 7. The second kappa shape index (κ2) is 8.94. The molecule has 0 aliphatic carbocycles. The summed E-state index contributed by atoms with van der Waals surface area (Å²) in [6.45, 7) is 2.82. The molecule has 1 aromatic heterocycles. The maximum Gasteiger partial charge on any atom is 0.266 e. The average molecular weight is 378 g/mol. The first kappa shape index (κ1) is 19.3. The molecule has 3 aromatic rings. The van der Waals surface area contributed by atoms with Crippen LogP contribution in [0.3, 0.4) is 0 Å². The van der Waals surface area contributed by atoms with Crippen molar-refractivity contribution >= 4 is 28.4 Å². The molecule has 0 unspecified atom stereocenters. The number of hydrogen-bond donors (Lipinski definition) is 2. The van der Waals surface area contributed by atoms with E-state index >= 15 is 0 Å². The summed E-state index contributed by atoms with van der Waals surface area (Å²) in [7, 11) is 0. The fraction of sp³-hybridized carbons (Fsp3) is 0.238. The molecular formula is C21H22N4O3. The van der Waals surface area contributed by atoms with Gasteiger partial charge in [0.15, 0.2) is 5.69 Å². The van der Waals surface area contributed by atoms with Crippen LogP contribution >= 0.6 is 0 Å². The minimum atomic E-state index is -0.472. The molecule has 0 spiro atoms. The molecule has 0 saturated heterocycles. The number of amides is 2. The number of aromatic nitrogens is 1. The highest BCUT2D eigenvalue weighted by Crippen LogP contribution is 2.38. The maximum absolute atomic E-state index is 12.0. The van der Waals surface area contributed by atoms with Crippen LogP contribution < -0.4 is 5.32 Å². The molecule has 144 valence electrons. The molecule has 0 bridgehead atoms. The van der Waals surface area contributed by atoms with Crippen molar-refractivity contribution in [3.05, 3.63) is 60.2 Å². The van der Waals surface area contributed by atoms with Crippen LogP contribution in [0.2, 0.25) is 0 Å².